The van der Waals surface area contributed by atoms with Crippen LogP contribution < -0.4 is 0 Å². The Morgan fingerprint density at radius 1 is 0.286 bits per heavy atom. The average molecular weight is 1170 g/mol. The zero-order valence-corrected chi connectivity index (χ0v) is 55.9. The van der Waals surface area contributed by atoms with Gasteiger partial charge >= 0.3 is 11.9 Å². The van der Waals surface area contributed by atoms with Gasteiger partial charge in [-0.15, -0.1) is 0 Å². The molecule has 1 atom stereocenters. The number of hydrogen-bond donors (Lipinski definition) is 1. The molecule has 0 rings (SSSR count). The highest BCUT2D eigenvalue weighted by molar-refractivity contribution is 5.70. The lowest BCUT2D eigenvalue weighted by Crippen LogP contribution is -2.28. The van der Waals surface area contributed by atoms with Crippen LogP contribution in [0.25, 0.3) is 0 Å². The summed E-state index contributed by atoms with van der Waals surface area (Å²) in [6.07, 6.45) is 106. The van der Waals surface area contributed by atoms with Crippen molar-refractivity contribution in [3.05, 3.63) is 97.2 Å². The molecule has 1 unspecified atom stereocenters. The lowest BCUT2D eigenvalue weighted by atomic mass is 10.0. The molecule has 0 aromatic heterocycles. The van der Waals surface area contributed by atoms with Crippen molar-refractivity contribution in [2.24, 2.45) is 0 Å². The van der Waals surface area contributed by atoms with E-state index in [1.54, 1.807) is 0 Å². The van der Waals surface area contributed by atoms with E-state index in [0.717, 1.165) is 83.5 Å². The SMILES string of the molecule is CC/C=C\C/C=C\C/C=C\C/C=C\C/C=C\CCCCCCCCCCCCCCCCCCCC(=O)OC(CO)COC(=O)CCCCCCCCCCCCCCCCCCCCCCCC/C=C\C/C=C\C/C=C\CCCCCCC. The third-order valence-electron chi connectivity index (χ3n) is 16.4. The largest absolute Gasteiger partial charge is 0.462 e. The Bertz CT molecular complexity index is 1560. The Hall–Kier alpha value is -3.18. The van der Waals surface area contributed by atoms with Gasteiger partial charge in [0.1, 0.15) is 6.61 Å². The second kappa shape index (κ2) is 74.1. The average Bonchev–Trinajstić information content (AvgIpc) is 3.51. The van der Waals surface area contributed by atoms with Gasteiger partial charge in [0.25, 0.3) is 0 Å². The summed E-state index contributed by atoms with van der Waals surface area (Å²) >= 11 is 0. The lowest BCUT2D eigenvalue weighted by molar-refractivity contribution is -0.161. The quantitative estimate of drug-likeness (QED) is 0.0373. The molecule has 486 valence electrons. The maximum Gasteiger partial charge on any atom is 0.306 e. The van der Waals surface area contributed by atoms with Crippen LogP contribution in [0.4, 0.5) is 0 Å². The summed E-state index contributed by atoms with van der Waals surface area (Å²) in [6, 6.07) is 0. The first kappa shape index (κ1) is 80.8. The molecule has 84 heavy (non-hydrogen) atoms. The molecule has 0 spiro atoms. The molecule has 0 saturated carbocycles. The molecule has 0 aliphatic carbocycles. The monoisotopic (exact) mass is 1170 g/mol. The van der Waals surface area contributed by atoms with Crippen molar-refractivity contribution < 1.29 is 24.2 Å². The van der Waals surface area contributed by atoms with Crippen LogP contribution in [0.5, 0.6) is 0 Å². The number of aliphatic hydroxyl groups excluding tert-OH is 1. The highest BCUT2D eigenvalue weighted by Crippen LogP contribution is 2.18. The minimum Gasteiger partial charge on any atom is -0.462 e. The van der Waals surface area contributed by atoms with Crippen LogP contribution in [0.1, 0.15) is 373 Å². The van der Waals surface area contributed by atoms with Gasteiger partial charge in [-0.2, -0.15) is 0 Å². The van der Waals surface area contributed by atoms with Gasteiger partial charge in [0.2, 0.25) is 0 Å². The number of carbonyl (C=O) groups is 2. The number of hydrogen-bond acceptors (Lipinski definition) is 5. The second-order valence-corrected chi connectivity index (χ2v) is 24.6. The van der Waals surface area contributed by atoms with Crippen LogP contribution in [0.15, 0.2) is 97.2 Å². The van der Waals surface area contributed by atoms with E-state index >= 15 is 0 Å². The smallest absolute Gasteiger partial charge is 0.306 e. The summed E-state index contributed by atoms with van der Waals surface area (Å²) in [5, 5.41) is 9.71. The number of ether oxygens (including phenoxy) is 2. The van der Waals surface area contributed by atoms with E-state index in [9.17, 15) is 14.7 Å². The molecular weight excluding hydrogens is 1030 g/mol. The minimum atomic E-state index is -0.775. The van der Waals surface area contributed by atoms with E-state index in [0.29, 0.717) is 12.8 Å². The van der Waals surface area contributed by atoms with Crippen LogP contribution >= 0.6 is 0 Å². The first-order valence-corrected chi connectivity index (χ1v) is 36.8. The molecule has 0 amide bonds. The Balaban J connectivity index is 3.42. The van der Waals surface area contributed by atoms with Gasteiger partial charge < -0.3 is 14.6 Å². The van der Waals surface area contributed by atoms with Crippen molar-refractivity contribution in [2.45, 2.75) is 380 Å². The minimum absolute atomic E-state index is 0.0639. The summed E-state index contributed by atoms with van der Waals surface area (Å²) in [7, 11) is 0. The van der Waals surface area contributed by atoms with Crippen LogP contribution in [0.2, 0.25) is 0 Å². The predicted molar refractivity (Wildman–Crippen MR) is 371 cm³/mol. The zero-order chi connectivity index (χ0) is 60.5. The molecule has 1 N–H and O–H groups in total. The molecule has 0 saturated heterocycles. The van der Waals surface area contributed by atoms with Gasteiger partial charge in [-0.1, -0.05) is 361 Å². The Labute approximate surface area is 523 Å². The van der Waals surface area contributed by atoms with Crippen LogP contribution in [0.3, 0.4) is 0 Å². The number of esters is 2. The van der Waals surface area contributed by atoms with Crippen LogP contribution in [0, 0.1) is 0 Å². The molecule has 5 nitrogen and oxygen atoms in total. The third-order valence-corrected chi connectivity index (χ3v) is 16.4. The van der Waals surface area contributed by atoms with Gasteiger partial charge in [-0.25, -0.2) is 0 Å². The summed E-state index contributed by atoms with van der Waals surface area (Å²) in [5.41, 5.74) is 0. The number of unbranched alkanes of at least 4 members (excludes halogenated alkanes) is 44. The van der Waals surface area contributed by atoms with Crippen molar-refractivity contribution in [3.63, 3.8) is 0 Å². The molecule has 0 fully saturated rings. The van der Waals surface area contributed by atoms with Crippen LogP contribution in [-0.2, 0) is 19.1 Å². The first-order chi connectivity index (χ1) is 41.6. The fourth-order valence-corrected chi connectivity index (χ4v) is 10.9. The van der Waals surface area contributed by atoms with E-state index in [-0.39, 0.29) is 25.2 Å². The van der Waals surface area contributed by atoms with Crippen LogP contribution in [-0.4, -0.2) is 36.4 Å². The third kappa shape index (κ3) is 71.3. The van der Waals surface area contributed by atoms with Crippen molar-refractivity contribution in [3.8, 4) is 0 Å². The molecule has 0 aliphatic heterocycles. The van der Waals surface area contributed by atoms with E-state index in [4.69, 9.17) is 9.47 Å². The topological polar surface area (TPSA) is 72.8 Å². The van der Waals surface area contributed by atoms with E-state index < -0.39 is 6.10 Å². The lowest BCUT2D eigenvalue weighted by Gasteiger charge is -2.15. The molecule has 0 bridgehead atoms. The summed E-state index contributed by atoms with van der Waals surface area (Å²) in [4.78, 5) is 24.7. The number of carbonyl (C=O) groups excluding carboxylic acids is 2. The molecule has 0 radical (unpaired) electrons. The summed E-state index contributed by atoms with van der Waals surface area (Å²) < 4.78 is 10.8. The highest BCUT2D eigenvalue weighted by Gasteiger charge is 2.16. The summed E-state index contributed by atoms with van der Waals surface area (Å²) in [5.74, 6) is -0.574. The van der Waals surface area contributed by atoms with Gasteiger partial charge in [-0.3, -0.25) is 9.59 Å². The normalized spacial score (nSPS) is 12.8. The van der Waals surface area contributed by atoms with Gasteiger partial charge in [-0.05, 0) is 96.3 Å². The second-order valence-electron chi connectivity index (χ2n) is 24.6. The van der Waals surface area contributed by atoms with Crippen molar-refractivity contribution in [2.75, 3.05) is 13.2 Å². The van der Waals surface area contributed by atoms with Crippen molar-refractivity contribution in [1.82, 2.24) is 0 Å². The molecule has 0 heterocycles. The Morgan fingerprint density at radius 3 is 0.774 bits per heavy atom. The summed E-state index contributed by atoms with van der Waals surface area (Å²) in [6.45, 7) is 4.06. The van der Waals surface area contributed by atoms with Gasteiger partial charge in [0, 0.05) is 12.8 Å². The fourth-order valence-electron chi connectivity index (χ4n) is 10.9. The first-order valence-electron chi connectivity index (χ1n) is 36.8. The zero-order valence-electron chi connectivity index (χ0n) is 55.9. The van der Waals surface area contributed by atoms with Crippen molar-refractivity contribution >= 4 is 11.9 Å². The van der Waals surface area contributed by atoms with E-state index in [1.165, 1.54) is 263 Å². The maximum absolute atomic E-state index is 12.4. The van der Waals surface area contributed by atoms with E-state index in [2.05, 4.69) is 111 Å². The fraction of sp³-hybridized carbons (Fsp3) is 0.772. The molecular formula is C79H140O5. The standard InChI is InChI=1S/C79H140O5/c1-3-5-7-9-11-13-15-17-19-21-23-25-27-29-31-33-35-37-38-39-40-42-43-45-47-49-51-53-55-57-59-61-63-65-67-69-71-73-78(81)83-76-77(75-80)84-79(82)74-72-70-68-66-64-62-60-58-56-54-52-50-48-46-44-41-36-34-32-30-28-26-24-22-20-18-16-14-12-10-8-6-4-2/h6,8,12,14-15,17-18,20-21,23-24,26-27,29-30,32,77,80H,3-5,7,9-11,13,16,19,22,25,28,31,33-76H2,1-2H3/b8-6-,14-12-,17-15-,20-18-,23-21-,26-24-,29-27-,32-30-. The molecule has 0 aromatic carbocycles. The van der Waals surface area contributed by atoms with Gasteiger partial charge in [0.05, 0.1) is 6.61 Å². The maximum atomic E-state index is 12.4. The number of allylic oxidation sites excluding steroid dienone is 16. The molecule has 0 aromatic rings. The Kier molecular flexibility index (Phi) is 71.3. The molecule has 0 aliphatic rings. The van der Waals surface area contributed by atoms with E-state index in [1.807, 2.05) is 0 Å². The Morgan fingerprint density at radius 2 is 0.512 bits per heavy atom. The van der Waals surface area contributed by atoms with Gasteiger partial charge in [0.15, 0.2) is 6.10 Å². The predicted octanol–water partition coefficient (Wildman–Crippen LogP) is 25.8. The highest BCUT2D eigenvalue weighted by atomic mass is 16.6. The van der Waals surface area contributed by atoms with Crippen molar-refractivity contribution in [1.29, 1.82) is 0 Å². The number of rotatable bonds is 68. The number of aliphatic hydroxyl groups is 1. The molecule has 5 heteroatoms.